The summed E-state index contributed by atoms with van der Waals surface area (Å²) in [7, 11) is 0. The van der Waals surface area contributed by atoms with Crippen LogP contribution in [0.4, 0.5) is 0 Å². The zero-order chi connectivity index (χ0) is 18.6. The number of halogens is 1. The van der Waals surface area contributed by atoms with Gasteiger partial charge in [0, 0.05) is 29.6 Å². The molecule has 6 heteroatoms. The van der Waals surface area contributed by atoms with Crippen LogP contribution in [-0.4, -0.2) is 35.3 Å². The summed E-state index contributed by atoms with van der Waals surface area (Å²) >= 11 is 8.04. The van der Waals surface area contributed by atoms with Crippen molar-refractivity contribution in [1.29, 1.82) is 0 Å². The van der Waals surface area contributed by atoms with Crippen molar-refractivity contribution < 1.29 is 9.59 Å². The minimum Gasteiger partial charge on any atom is -0.347 e. The van der Waals surface area contributed by atoms with Gasteiger partial charge in [-0.15, -0.1) is 11.3 Å². The van der Waals surface area contributed by atoms with Gasteiger partial charge in [-0.2, -0.15) is 0 Å². The first-order chi connectivity index (χ1) is 13.0. The molecule has 3 heterocycles. The molecule has 2 amide bonds. The molecule has 4 nitrogen and oxygen atoms in total. The Morgan fingerprint density at radius 1 is 1.11 bits per heavy atom. The molecule has 136 valence electrons. The third-order valence-corrected chi connectivity index (χ3v) is 7.10. The lowest BCUT2D eigenvalue weighted by Gasteiger charge is -2.47. The van der Waals surface area contributed by atoms with Gasteiger partial charge < -0.3 is 10.2 Å². The highest BCUT2D eigenvalue weighted by atomic mass is 35.5. The van der Waals surface area contributed by atoms with E-state index in [0.29, 0.717) is 29.4 Å². The molecule has 5 rings (SSSR count). The number of hydrogen-bond donors (Lipinski definition) is 1. The number of nitrogens with zero attached hydrogens (tertiary/aromatic N) is 1. The molecule has 27 heavy (non-hydrogen) atoms. The molecule has 2 aromatic carbocycles. The molecule has 0 saturated carbocycles. The smallest absolute Gasteiger partial charge is 0.265 e. The predicted octanol–water partition coefficient (Wildman–Crippen LogP) is 4.33. The molecule has 0 unspecified atom stereocenters. The van der Waals surface area contributed by atoms with E-state index in [1.807, 2.05) is 24.3 Å². The van der Waals surface area contributed by atoms with Gasteiger partial charge in [0.25, 0.3) is 5.91 Å². The second-order valence-corrected chi connectivity index (χ2v) is 8.74. The zero-order valence-corrected chi connectivity index (χ0v) is 16.1. The van der Waals surface area contributed by atoms with Gasteiger partial charge in [0.1, 0.15) is 4.88 Å². The van der Waals surface area contributed by atoms with E-state index < -0.39 is 0 Å². The average molecular weight is 397 g/mol. The minimum absolute atomic E-state index is 0.0470. The maximum atomic E-state index is 12.9. The van der Waals surface area contributed by atoms with Crippen molar-refractivity contribution in [2.45, 2.75) is 18.4 Å². The van der Waals surface area contributed by atoms with Gasteiger partial charge >= 0.3 is 0 Å². The topological polar surface area (TPSA) is 49.4 Å². The molecule has 3 aromatic rings. The minimum atomic E-state index is -0.212. The number of carbonyl (C=O) groups excluding carboxylic acids is 2. The Bertz CT molecular complexity index is 1070. The van der Waals surface area contributed by atoms with E-state index in [0.717, 1.165) is 27.6 Å². The summed E-state index contributed by atoms with van der Waals surface area (Å²) in [6.45, 7) is 1.13. The first-order valence-electron chi connectivity index (χ1n) is 8.92. The highest BCUT2D eigenvalue weighted by molar-refractivity contribution is 7.21. The lowest BCUT2D eigenvalue weighted by Crippen LogP contribution is -2.68. The van der Waals surface area contributed by atoms with E-state index in [1.54, 1.807) is 4.90 Å². The molecule has 2 saturated heterocycles. The first kappa shape index (κ1) is 16.8. The molecule has 1 N–H and O–H groups in total. The summed E-state index contributed by atoms with van der Waals surface area (Å²) in [5, 5.41) is 4.44. The van der Waals surface area contributed by atoms with E-state index >= 15 is 0 Å². The van der Waals surface area contributed by atoms with Gasteiger partial charge in [0.05, 0.1) is 10.6 Å². The lowest BCUT2D eigenvalue weighted by molar-refractivity contribution is -0.120. The zero-order valence-electron chi connectivity index (χ0n) is 14.5. The summed E-state index contributed by atoms with van der Waals surface area (Å²) in [6.07, 6.45) is 1.35. The Balaban J connectivity index is 1.43. The largest absolute Gasteiger partial charge is 0.347 e. The molecular weight excluding hydrogens is 380 g/mol. The summed E-state index contributed by atoms with van der Waals surface area (Å²) in [4.78, 5) is 26.8. The fourth-order valence-corrected chi connectivity index (χ4v) is 5.45. The molecule has 0 aliphatic carbocycles. The maximum Gasteiger partial charge on any atom is 0.265 e. The highest BCUT2D eigenvalue weighted by Gasteiger charge is 2.49. The number of nitrogens with one attached hydrogen (secondary N) is 1. The number of rotatable bonds is 2. The summed E-state index contributed by atoms with van der Waals surface area (Å²) in [5.74, 6) is 0.0321. The highest BCUT2D eigenvalue weighted by Crippen LogP contribution is 2.40. The fourth-order valence-electron chi connectivity index (χ4n) is 4.00. The van der Waals surface area contributed by atoms with Gasteiger partial charge in [0.2, 0.25) is 5.91 Å². The number of hydrogen-bond acceptors (Lipinski definition) is 3. The third kappa shape index (κ3) is 2.73. The molecule has 1 spiro atoms. The van der Waals surface area contributed by atoms with E-state index in [9.17, 15) is 9.59 Å². The van der Waals surface area contributed by atoms with Crippen LogP contribution in [-0.2, 0) is 4.79 Å². The van der Waals surface area contributed by atoms with Crippen LogP contribution in [0.2, 0.25) is 5.02 Å². The van der Waals surface area contributed by atoms with Crippen LogP contribution in [0.15, 0.2) is 48.5 Å². The van der Waals surface area contributed by atoms with Crippen LogP contribution in [0.5, 0.6) is 0 Å². The molecule has 2 aliphatic heterocycles. The van der Waals surface area contributed by atoms with Crippen LogP contribution >= 0.6 is 22.9 Å². The quantitative estimate of drug-likeness (QED) is 0.701. The predicted molar refractivity (Wildman–Crippen MR) is 108 cm³/mol. The molecule has 0 atom stereocenters. The summed E-state index contributed by atoms with van der Waals surface area (Å²) in [5.41, 5.74) is 1.99. The van der Waals surface area contributed by atoms with Gasteiger partial charge in [-0.1, -0.05) is 48.0 Å². The number of amides is 2. The van der Waals surface area contributed by atoms with Gasteiger partial charge in [-0.05, 0) is 29.7 Å². The number of carbonyl (C=O) groups is 2. The average Bonchev–Trinajstić information content (AvgIpc) is 3.21. The van der Waals surface area contributed by atoms with Gasteiger partial charge in [-0.3, -0.25) is 9.59 Å². The van der Waals surface area contributed by atoms with E-state index in [-0.39, 0.29) is 17.4 Å². The Morgan fingerprint density at radius 2 is 1.89 bits per heavy atom. The van der Waals surface area contributed by atoms with Crippen molar-refractivity contribution in [2.75, 3.05) is 13.1 Å². The fraction of sp³-hybridized carbons (Fsp3) is 0.238. The van der Waals surface area contributed by atoms with Crippen LogP contribution in [0.25, 0.3) is 21.2 Å². The van der Waals surface area contributed by atoms with Gasteiger partial charge in [-0.25, -0.2) is 0 Å². The first-order valence-corrected chi connectivity index (χ1v) is 10.1. The monoisotopic (exact) mass is 396 g/mol. The summed E-state index contributed by atoms with van der Waals surface area (Å²) < 4.78 is 1.01. The Kier molecular flexibility index (Phi) is 3.78. The molecular formula is C21H17ClN2O2S. The van der Waals surface area contributed by atoms with E-state index in [2.05, 4.69) is 29.6 Å². The standard InChI is InChI=1S/C21H17ClN2O2S/c22-18-15-10-14(13-4-2-1-3-5-13)6-7-16(15)27-19(18)20(26)24-11-21(12-24)9-8-17(25)23-21/h1-7,10H,8-9,11-12H2,(H,23,25). The molecule has 2 fully saturated rings. The van der Waals surface area contributed by atoms with Gasteiger partial charge in [0.15, 0.2) is 0 Å². The number of likely N-dealkylation sites (tertiary alicyclic amines) is 1. The molecule has 1 aromatic heterocycles. The van der Waals surface area contributed by atoms with Crippen LogP contribution in [0.3, 0.4) is 0 Å². The number of thiophene rings is 1. The second kappa shape index (κ2) is 6.08. The number of fused-ring (bicyclic) bond motifs is 1. The van der Waals surface area contributed by atoms with Crippen molar-refractivity contribution >= 4 is 44.8 Å². The van der Waals surface area contributed by atoms with Crippen molar-refractivity contribution in [3.8, 4) is 11.1 Å². The second-order valence-electron chi connectivity index (χ2n) is 7.31. The van der Waals surface area contributed by atoms with Crippen molar-refractivity contribution in [1.82, 2.24) is 10.2 Å². The Hall–Kier alpha value is -2.37. The Morgan fingerprint density at radius 3 is 2.59 bits per heavy atom. The molecule has 0 radical (unpaired) electrons. The molecule has 2 aliphatic rings. The van der Waals surface area contributed by atoms with Crippen molar-refractivity contribution in [2.24, 2.45) is 0 Å². The van der Waals surface area contributed by atoms with Crippen LogP contribution in [0, 0.1) is 0 Å². The SMILES string of the molecule is O=C1CCC2(CN(C(=O)c3sc4ccc(-c5ccccc5)cc4c3Cl)C2)N1. The summed E-state index contributed by atoms with van der Waals surface area (Å²) in [6, 6.07) is 16.3. The maximum absolute atomic E-state index is 12.9. The van der Waals surface area contributed by atoms with E-state index in [1.165, 1.54) is 11.3 Å². The lowest BCUT2D eigenvalue weighted by atomic mass is 9.88. The van der Waals surface area contributed by atoms with Crippen molar-refractivity contribution in [3.63, 3.8) is 0 Å². The third-order valence-electron chi connectivity index (χ3n) is 5.44. The van der Waals surface area contributed by atoms with Crippen LogP contribution in [0.1, 0.15) is 22.5 Å². The van der Waals surface area contributed by atoms with E-state index in [4.69, 9.17) is 11.6 Å². The van der Waals surface area contributed by atoms with Crippen LogP contribution < -0.4 is 5.32 Å². The molecule has 0 bridgehead atoms. The normalized spacial score (nSPS) is 18.0. The Labute approximate surface area is 165 Å². The number of benzene rings is 2. The van der Waals surface area contributed by atoms with Crippen molar-refractivity contribution in [3.05, 3.63) is 58.4 Å².